The van der Waals surface area contributed by atoms with E-state index in [2.05, 4.69) is 40.3 Å². The molecule has 2 aromatic rings. The van der Waals surface area contributed by atoms with Crippen molar-refractivity contribution in [2.24, 2.45) is 5.92 Å². The van der Waals surface area contributed by atoms with Crippen molar-refractivity contribution in [2.75, 3.05) is 6.54 Å². The highest BCUT2D eigenvalue weighted by atomic mass is 79.9. The molecule has 0 heterocycles. The van der Waals surface area contributed by atoms with Crippen LogP contribution in [0.15, 0.2) is 53.0 Å². The standard InChI is InChI=1S/C19H20BrNO3/c1-2-13(10-14-4-3-5-16(20)11-14)12-21-19(24)18(23)15-6-8-17(22)9-7-15/h3-9,11,13,22H,2,10,12H2,1H3,(H,21,24). The fourth-order valence-corrected chi connectivity index (χ4v) is 2.87. The van der Waals surface area contributed by atoms with Crippen LogP contribution in [0.5, 0.6) is 5.75 Å². The summed E-state index contributed by atoms with van der Waals surface area (Å²) < 4.78 is 1.03. The Morgan fingerprint density at radius 3 is 2.50 bits per heavy atom. The number of hydrogen-bond acceptors (Lipinski definition) is 3. The molecule has 5 heteroatoms. The van der Waals surface area contributed by atoms with Gasteiger partial charge in [-0.2, -0.15) is 0 Å². The van der Waals surface area contributed by atoms with Crippen molar-refractivity contribution in [3.05, 3.63) is 64.1 Å². The lowest BCUT2D eigenvalue weighted by Gasteiger charge is -2.16. The number of phenols is 1. The Bertz CT molecular complexity index is 713. The molecule has 0 aliphatic heterocycles. The lowest BCUT2D eigenvalue weighted by Crippen LogP contribution is -2.35. The molecule has 2 rings (SSSR count). The van der Waals surface area contributed by atoms with E-state index in [1.165, 1.54) is 29.8 Å². The molecule has 0 fully saturated rings. The number of Topliss-reactive ketones (excluding diaryl/α,β-unsaturated/α-hetero) is 1. The van der Waals surface area contributed by atoms with Crippen LogP contribution in [0.1, 0.15) is 29.3 Å². The molecule has 1 unspecified atom stereocenters. The molecule has 0 bridgehead atoms. The van der Waals surface area contributed by atoms with E-state index in [9.17, 15) is 14.7 Å². The molecule has 2 aromatic carbocycles. The summed E-state index contributed by atoms with van der Waals surface area (Å²) in [7, 11) is 0. The molecule has 0 spiro atoms. The van der Waals surface area contributed by atoms with Gasteiger partial charge in [0.05, 0.1) is 0 Å². The molecule has 24 heavy (non-hydrogen) atoms. The van der Waals surface area contributed by atoms with Gasteiger partial charge in [-0.25, -0.2) is 0 Å². The molecule has 0 aromatic heterocycles. The smallest absolute Gasteiger partial charge is 0.292 e. The lowest BCUT2D eigenvalue weighted by molar-refractivity contribution is -0.117. The van der Waals surface area contributed by atoms with E-state index in [-0.39, 0.29) is 17.2 Å². The molecule has 2 N–H and O–H groups in total. The van der Waals surface area contributed by atoms with Gasteiger partial charge in [0, 0.05) is 16.6 Å². The molecule has 126 valence electrons. The number of halogens is 1. The lowest BCUT2D eigenvalue weighted by atomic mass is 9.97. The molecule has 0 aliphatic carbocycles. The van der Waals surface area contributed by atoms with Crippen LogP contribution in [0.25, 0.3) is 0 Å². The number of hydrogen-bond donors (Lipinski definition) is 2. The minimum Gasteiger partial charge on any atom is -0.508 e. The van der Waals surface area contributed by atoms with Crippen molar-refractivity contribution in [3.8, 4) is 5.75 Å². The van der Waals surface area contributed by atoms with E-state index in [4.69, 9.17) is 0 Å². The normalized spacial score (nSPS) is 11.8. The molecule has 1 atom stereocenters. The van der Waals surface area contributed by atoms with Crippen LogP contribution in [0, 0.1) is 5.92 Å². The van der Waals surface area contributed by atoms with Crippen LogP contribution in [0.2, 0.25) is 0 Å². The van der Waals surface area contributed by atoms with E-state index >= 15 is 0 Å². The fraction of sp³-hybridized carbons (Fsp3) is 0.263. The highest BCUT2D eigenvalue weighted by Gasteiger charge is 2.17. The molecule has 0 radical (unpaired) electrons. The Balaban J connectivity index is 1.91. The molecular weight excluding hydrogens is 370 g/mol. The van der Waals surface area contributed by atoms with Gasteiger partial charge in [0.25, 0.3) is 5.91 Å². The van der Waals surface area contributed by atoms with Crippen molar-refractivity contribution < 1.29 is 14.7 Å². The van der Waals surface area contributed by atoms with Gasteiger partial charge in [-0.3, -0.25) is 9.59 Å². The van der Waals surface area contributed by atoms with Gasteiger partial charge in [-0.05, 0) is 54.3 Å². The zero-order valence-corrected chi connectivity index (χ0v) is 15.0. The predicted molar refractivity (Wildman–Crippen MR) is 97.1 cm³/mol. The monoisotopic (exact) mass is 389 g/mol. The maximum atomic E-state index is 12.1. The Morgan fingerprint density at radius 2 is 1.88 bits per heavy atom. The third kappa shape index (κ3) is 5.20. The molecule has 0 saturated carbocycles. The average molecular weight is 390 g/mol. The minimum absolute atomic E-state index is 0.0621. The second-order valence-corrected chi connectivity index (χ2v) is 6.61. The minimum atomic E-state index is -0.617. The molecule has 0 aliphatic rings. The van der Waals surface area contributed by atoms with Crippen LogP contribution in [0.4, 0.5) is 0 Å². The number of nitrogens with one attached hydrogen (secondary N) is 1. The first-order valence-corrected chi connectivity index (χ1v) is 8.65. The van der Waals surface area contributed by atoms with Crippen molar-refractivity contribution in [1.29, 1.82) is 0 Å². The zero-order valence-electron chi connectivity index (χ0n) is 13.5. The summed E-state index contributed by atoms with van der Waals surface area (Å²) in [6, 6.07) is 13.7. The van der Waals surface area contributed by atoms with Crippen LogP contribution < -0.4 is 5.32 Å². The largest absolute Gasteiger partial charge is 0.508 e. The van der Waals surface area contributed by atoms with Crippen molar-refractivity contribution in [1.82, 2.24) is 5.32 Å². The van der Waals surface area contributed by atoms with Crippen LogP contribution in [0.3, 0.4) is 0 Å². The zero-order chi connectivity index (χ0) is 17.5. The number of benzene rings is 2. The quantitative estimate of drug-likeness (QED) is 0.560. The van der Waals surface area contributed by atoms with Gasteiger partial charge in [0.15, 0.2) is 0 Å². The summed E-state index contributed by atoms with van der Waals surface area (Å²) >= 11 is 3.45. The van der Waals surface area contributed by atoms with E-state index in [0.29, 0.717) is 6.54 Å². The highest BCUT2D eigenvalue weighted by Crippen LogP contribution is 2.17. The second-order valence-electron chi connectivity index (χ2n) is 5.69. The van der Waals surface area contributed by atoms with E-state index < -0.39 is 11.7 Å². The Labute approximate surface area is 150 Å². The van der Waals surface area contributed by atoms with Gasteiger partial charge in [0.2, 0.25) is 5.78 Å². The maximum absolute atomic E-state index is 12.1. The maximum Gasteiger partial charge on any atom is 0.292 e. The topological polar surface area (TPSA) is 66.4 Å². The number of carbonyl (C=O) groups excluding carboxylic acids is 2. The Hall–Kier alpha value is -2.14. The van der Waals surface area contributed by atoms with Gasteiger partial charge >= 0.3 is 0 Å². The first-order valence-electron chi connectivity index (χ1n) is 7.85. The number of amides is 1. The molecular formula is C19H20BrNO3. The first-order chi connectivity index (χ1) is 11.5. The predicted octanol–water partition coefficient (Wildman–Crippen LogP) is 3.72. The number of carbonyl (C=O) groups is 2. The Morgan fingerprint density at radius 1 is 1.17 bits per heavy atom. The van der Waals surface area contributed by atoms with E-state index in [0.717, 1.165) is 17.3 Å². The van der Waals surface area contributed by atoms with Crippen LogP contribution in [-0.4, -0.2) is 23.3 Å². The second kappa shape index (κ2) is 8.64. The number of aromatic hydroxyl groups is 1. The third-order valence-electron chi connectivity index (χ3n) is 3.88. The summed E-state index contributed by atoms with van der Waals surface area (Å²) in [4.78, 5) is 24.1. The molecule has 1 amide bonds. The summed E-state index contributed by atoms with van der Waals surface area (Å²) in [5.74, 6) is -0.886. The SMILES string of the molecule is CCC(CNC(=O)C(=O)c1ccc(O)cc1)Cc1cccc(Br)c1. The van der Waals surface area contributed by atoms with Crippen molar-refractivity contribution in [2.45, 2.75) is 19.8 Å². The number of ketones is 1. The average Bonchev–Trinajstić information content (AvgIpc) is 2.58. The summed E-state index contributed by atoms with van der Waals surface area (Å²) in [5, 5.41) is 11.9. The van der Waals surface area contributed by atoms with Crippen LogP contribution in [-0.2, 0) is 11.2 Å². The van der Waals surface area contributed by atoms with E-state index in [1.54, 1.807) is 0 Å². The van der Waals surface area contributed by atoms with Crippen LogP contribution >= 0.6 is 15.9 Å². The van der Waals surface area contributed by atoms with Crippen molar-refractivity contribution >= 4 is 27.6 Å². The summed E-state index contributed by atoms with van der Waals surface area (Å²) in [6.07, 6.45) is 1.74. The number of phenolic OH excluding ortho intramolecular Hbond substituents is 1. The first kappa shape index (κ1) is 18.2. The van der Waals surface area contributed by atoms with Gasteiger partial charge in [-0.15, -0.1) is 0 Å². The Kier molecular flexibility index (Phi) is 6.55. The van der Waals surface area contributed by atoms with Gasteiger partial charge in [0.1, 0.15) is 5.75 Å². The van der Waals surface area contributed by atoms with Gasteiger partial charge in [-0.1, -0.05) is 41.4 Å². The van der Waals surface area contributed by atoms with E-state index in [1.807, 2.05) is 12.1 Å². The molecule has 4 nitrogen and oxygen atoms in total. The summed E-state index contributed by atoms with van der Waals surface area (Å²) in [5.41, 5.74) is 1.46. The third-order valence-corrected chi connectivity index (χ3v) is 4.37. The highest BCUT2D eigenvalue weighted by molar-refractivity contribution is 9.10. The number of rotatable bonds is 7. The fourth-order valence-electron chi connectivity index (χ4n) is 2.42. The molecule has 0 saturated heterocycles. The van der Waals surface area contributed by atoms with Gasteiger partial charge < -0.3 is 10.4 Å². The summed E-state index contributed by atoms with van der Waals surface area (Å²) in [6.45, 7) is 2.52. The van der Waals surface area contributed by atoms with Crippen molar-refractivity contribution in [3.63, 3.8) is 0 Å².